The topological polar surface area (TPSA) is 35.5 Å². The van der Waals surface area contributed by atoms with Crippen LogP contribution < -0.4 is 5.32 Å². The van der Waals surface area contributed by atoms with Crippen molar-refractivity contribution in [3.63, 3.8) is 0 Å². The maximum absolute atomic E-state index is 9.70. The van der Waals surface area contributed by atoms with E-state index in [1.54, 1.807) is 6.07 Å². The van der Waals surface area contributed by atoms with Crippen LogP contribution in [0.2, 0.25) is 0 Å². The Balaban J connectivity index is 2.53. The van der Waals surface area contributed by atoms with E-state index in [0.29, 0.717) is 11.8 Å². The summed E-state index contributed by atoms with van der Waals surface area (Å²) in [6, 6.07) is 8.12. The van der Waals surface area contributed by atoms with Crippen molar-refractivity contribution >= 4 is 0 Å². The predicted octanol–water partition coefficient (Wildman–Crippen LogP) is 1.99. The van der Waals surface area contributed by atoms with E-state index in [-0.39, 0.29) is 6.04 Å². The van der Waals surface area contributed by atoms with E-state index in [0.717, 1.165) is 12.1 Å². The smallest absolute Gasteiger partial charge is 0.120 e. The second-order valence-corrected chi connectivity index (χ2v) is 4.50. The monoisotopic (exact) mass is 222 g/mol. The molecule has 0 spiro atoms. The van der Waals surface area contributed by atoms with Crippen LogP contribution in [0.25, 0.3) is 0 Å². The third-order valence-electron chi connectivity index (χ3n) is 3.00. The van der Waals surface area contributed by atoms with Gasteiger partial charge in [0.25, 0.3) is 0 Å². The van der Waals surface area contributed by atoms with Crippen LogP contribution in [-0.4, -0.2) is 36.7 Å². The van der Waals surface area contributed by atoms with Gasteiger partial charge in [-0.1, -0.05) is 18.2 Å². The van der Waals surface area contributed by atoms with Crippen molar-refractivity contribution in [1.82, 2.24) is 10.2 Å². The number of phenols is 1. The molecule has 0 aliphatic heterocycles. The first kappa shape index (κ1) is 13.0. The summed E-state index contributed by atoms with van der Waals surface area (Å²) in [5.41, 5.74) is 0.952. The van der Waals surface area contributed by atoms with E-state index in [1.807, 2.05) is 18.2 Å². The minimum absolute atomic E-state index is 0.170. The summed E-state index contributed by atoms with van der Waals surface area (Å²) in [4.78, 5) is 2.17. The second kappa shape index (κ2) is 5.87. The predicted molar refractivity (Wildman–Crippen MR) is 67.7 cm³/mol. The molecule has 2 N–H and O–H groups in total. The first-order valence-corrected chi connectivity index (χ1v) is 5.70. The number of nitrogens with zero attached hydrogens (tertiary/aromatic N) is 1. The summed E-state index contributed by atoms with van der Waals surface area (Å²) >= 11 is 0. The molecule has 1 aromatic carbocycles. The molecule has 0 radical (unpaired) electrons. The van der Waals surface area contributed by atoms with Gasteiger partial charge in [-0.2, -0.15) is 0 Å². The lowest BCUT2D eigenvalue weighted by Gasteiger charge is -2.23. The fourth-order valence-corrected chi connectivity index (χ4v) is 1.49. The van der Waals surface area contributed by atoms with Crippen LogP contribution in [0.4, 0.5) is 0 Å². The molecule has 0 saturated carbocycles. The summed E-state index contributed by atoms with van der Waals surface area (Å²) < 4.78 is 0. The van der Waals surface area contributed by atoms with Gasteiger partial charge in [0.15, 0.2) is 0 Å². The molecule has 2 unspecified atom stereocenters. The van der Waals surface area contributed by atoms with Crippen LogP contribution in [0.1, 0.15) is 25.5 Å². The highest BCUT2D eigenvalue weighted by atomic mass is 16.3. The van der Waals surface area contributed by atoms with E-state index in [2.05, 4.69) is 38.2 Å². The van der Waals surface area contributed by atoms with Crippen molar-refractivity contribution in [2.24, 2.45) is 0 Å². The Bertz CT molecular complexity index is 325. The molecule has 90 valence electrons. The van der Waals surface area contributed by atoms with Crippen LogP contribution in [0.5, 0.6) is 5.75 Å². The maximum atomic E-state index is 9.70. The fraction of sp³-hybridized carbons (Fsp3) is 0.538. The molecule has 0 amide bonds. The molecule has 0 heterocycles. The number of benzene rings is 1. The number of hydrogen-bond acceptors (Lipinski definition) is 3. The minimum Gasteiger partial charge on any atom is -0.508 e. The highest BCUT2D eigenvalue weighted by Gasteiger charge is 2.11. The molecule has 0 aromatic heterocycles. The average Bonchev–Trinajstić information content (AvgIpc) is 2.25. The van der Waals surface area contributed by atoms with Gasteiger partial charge in [-0.05, 0) is 34.0 Å². The van der Waals surface area contributed by atoms with Crippen molar-refractivity contribution in [3.8, 4) is 5.75 Å². The van der Waals surface area contributed by atoms with Gasteiger partial charge in [0.05, 0.1) is 0 Å². The first-order chi connectivity index (χ1) is 7.52. The summed E-state index contributed by atoms with van der Waals surface area (Å²) in [6.45, 7) is 5.14. The van der Waals surface area contributed by atoms with Crippen molar-refractivity contribution in [2.75, 3.05) is 20.6 Å². The number of phenolic OH excluding ortho intramolecular Hbond substituents is 1. The van der Waals surface area contributed by atoms with Crippen molar-refractivity contribution in [1.29, 1.82) is 0 Å². The van der Waals surface area contributed by atoms with Gasteiger partial charge < -0.3 is 15.3 Å². The van der Waals surface area contributed by atoms with Crippen molar-refractivity contribution in [3.05, 3.63) is 29.8 Å². The van der Waals surface area contributed by atoms with Gasteiger partial charge in [0.2, 0.25) is 0 Å². The largest absolute Gasteiger partial charge is 0.508 e. The third-order valence-corrected chi connectivity index (χ3v) is 3.00. The lowest BCUT2D eigenvalue weighted by molar-refractivity contribution is 0.295. The number of para-hydroxylation sites is 1. The minimum atomic E-state index is 0.170. The molecule has 1 rings (SSSR count). The van der Waals surface area contributed by atoms with Gasteiger partial charge in [0.1, 0.15) is 5.75 Å². The second-order valence-electron chi connectivity index (χ2n) is 4.50. The van der Waals surface area contributed by atoms with Crippen molar-refractivity contribution in [2.45, 2.75) is 25.9 Å². The Hall–Kier alpha value is -1.06. The summed E-state index contributed by atoms with van der Waals surface area (Å²) in [5, 5.41) is 13.1. The molecule has 16 heavy (non-hydrogen) atoms. The van der Waals surface area contributed by atoms with Crippen LogP contribution in [0.3, 0.4) is 0 Å². The van der Waals surface area contributed by atoms with Crippen LogP contribution in [-0.2, 0) is 0 Å². The third kappa shape index (κ3) is 3.51. The van der Waals surface area contributed by atoms with Gasteiger partial charge in [0, 0.05) is 24.2 Å². The van der Waals surface area contributed by atoms with Gasteiger partial charge in [-0.3, -0.25) is 0 Å². The lowest BCUT2D eigenvalue weighted by atomic mass is 10.1. The molecule has 3 heteroatoms. The van der Waals surface area contributed by atoms with Gasteiger partial charge in [-0.15, -0.1) is 0 Å². The first-order valence-electron chi connectivity index (χ1n) is 5.70. The molecule has 3 nitrogen and oxygen atoms in total. The highest BCUT2D eigenvalue weighted by molar-refractivity contribution is 5.34. The Morgan fingerprint density at radius 2 is 1.88 bits per heavy atom. The molecule has 0 aliphatic carbocycles. The van der Waals surface area contributed by atoms with E-state index < -0.39 is 0 Å². The molecule has 1 aromatic rings. The Morgan fingerprint density at radius 3 is 2.44 bits per heavy atom. The number of likely N-dealkylation sites (N-methyl/N-ethyl adjacent to an activating group) is 1. The zero-order valence-electron chi connectivity index (χ0n) is 10.6. The normalized spacial score (nSPS) is 15.1. The molecule has 0 aliphatic rings. The summed E-state index contributed by atoms with van der Waals surface area (Å²) in [7, 11) is 4.13. The highest BCUT2D eigenvalue weighted by Crippen LogP contribution is 2.22. The van der Waals surface area contributed by atoms with Crippen LogP contribution >= 0.6 is 0 Å². The van der Waals surface area contributed by atoms with E-state index in [9.17, 15) is 5.11 Å². The van der Waals surface area contributed by atoms with Crippen LogP contribution in [0.15, 0.2) is 24.3 Å². The van der Waals surface area contributed by atoms with Gasteiger partial charge >= 0.3 is 0 Å². The van der Waals surface area contributed by atoms with E-state index in [1.165, 1.54) is 0 Å². The number of hydrogen-bond donors (Lipinski definition) is 2. The summed E-state index contributed by atoms with van der Waals surface area (Å²) in [6.07, 6.45) is 0. The van der Waals surface area contributed by atoms with Gasteiger partial charge in [-0.25, -0.2) is 0 Å². The SMILES string of the molecule is CC(NCC(C)N(C)C)c1ccccc1O. The maximum Gasteiger partial charge on any atom is 0.120 e. The average molecular weight is 222 g/mol. The van der Waals surface area contributed by atoms with Crippen LogP contribution in [0, 0.1) is 0 Å². The molecule has 0 saturated heterocycles. The van der Waals surface area contributed by atoms with E-state index >= 15 is 0 Å². The van der Waals surface area contributed by atoms with E-state index in [4.69, 9.17) is 0 Å². The molecular weight excluding hydrogens is 200 g/mol. The Labute approximate surface area is 98.1 Å². The quantitative estimate of drug-likeness (QED) is 0.800. The zero-order valence-corrected chi connectivity index (χ0v) is 10.6. The van der Waals surface area contributed by atoms with Crippen molar-refractivity contribution < 1.29 is 5.11 Å². The molecule has 0 fully saturated rings. The Kier molecular flexibility index (Phi) is 4.77. The number of rotatable bonds is 5. The standard InChI is InChI=1S/C13H22N2O/c1-10(15(3)4)9-14-11(2)12-7-5-6-8-13(12)16/h5-8,10-11,14,16H,9H2,1-4H3. The molecule has 0 bridgehead atoms. The zero-order chi connectivity index (χ0) is 12.1. The molecular formula is C13H22N2O. The fourth-order valence-electron chi connectivity index (χ4n) is 1.49. The Morgan fingerprint density at radius 1 is 1.25 bits per heavy atom. The molecule has 2 atom stereocenters. The summed E-state index contributed by atoms with van der Waals surface area (Å²) in [5.74, 6) is 0.361. The lowest BCUT2D eigenvalue weighted by Crippen LogP contribution is -2.36. The number of nitrogens with one attached hydrogen (secondary N) is 1. The number of aromatic hydroxyl groups is 1.